The van der Waals surface area contributed by atoms with Gasteiger partial charge in [-0.05, 0) is 58.9 Å². The summed E-state index contributed by atoms with van der Waals surface area (Å²) in [6.45, 7) is 9.84. The summed E-state index contributed by atoms with van der Waals surface area (Å²) in [7, 11) is 0. The molecule has 1 amide bonds. The fourth-order valence-electron chi connectivity index (χ4n) is 2.64. The van der Waals surface area contributed by atoms with E-state index in [0.29, 0.717) is 5.16 Å². The highest BCUT2D eigenvalue weighted by molar-refractivity contribution is 8.00. The van der Waals surface area contributed by atoms with Crippen molar-refractivity contribution in [3.63, 3.8) is 0 Å². The zero-order chi connectivity index (χ0) is 20.3. The summed E-state index contributed by atoms with van der Waals surface area (Å²) < 4.78 is 1.99. The van der Waals surface area contributed by atoms with E-state index >= 15 is 0 Å². The fraction of sp³-hybridized carbons (Fsp3) is 0.333. The molecular weight excluding hydrogens is 370 g/mol. The van der Waals surface area contributed by atoms with Crippen LogP contribution in [0.2, 0.25) is 0 Å². The van der Waals surface area contributed by atoms with Crippen molar-refractivity contribution in [3.8, 4) is 17.1 Å². The number of hydrogen-bond acceptors (Lipinski definition) is 5. The number of aryl methyl sites for hydroxylation is 1. The van der Waals surface area contributed by atoms with Crippen LogP contribution in [0.5, 0.6) is 0 Å². The number of nitrogens with zero attached hydrogens (tertiary/aromatic N) is 4. The average Bonchev–Trinajstić information content (AvgIpc) is 3.05. The Morgan fingerprint density at radius 3 is 2.32 bits per heavy atom. The molecule has 0 aliphatic rings. The van der Waals surface area contributed by atoms with Gasteiger partial charge in [0.25, 0.3) is 0 Å². The van der Waals surface area contributed by atoms with Crippen molar-refractivity contribution >= 4 is 17.7 Å². The number of thioether (sulfide) groups is 1. The SMILES string of the molecule is Cc1ccc(-n2c(SC(C)C(=O)NC(C)(C)C)nnc2-c2ccncc2)cc1. The lowest BCUT2D eigenvalue weighted by atomic mass is 10.1. The van der Waals surface area contributed by atoms with Gasteiger partial charge in [-0.15, -0.1) is 10.2 Å². The van der Waals surface area contributed by atoms with Gasteiger partial charge >= 0.3 is 0 Å². The number of carbonyl (C=O) groups is 1. The Morgan fingerprint density at radius 2 is 1.71 bits per heavy atom. The molecule has 0 aliphatic heterocycles. The van der Waals surface area contributed by atoms with Gasteiger partial charge < -0.3 is 5.32 Å². The first-order valence-electron chi connectivity index (χ1n) is 9.16. The molecule has 2 aromatic heterocycles. The molecule has 2 heterocycles. The zero-order valence-electron chi connectivity index (χ0n) is 16.8. The second kappa shape index (κ2) is 8.14. The van der Waals surface area contributed by atoms with E-state index < -0.39 is 0 Å². The molecule has 28 heavy (non-hydrogen) atoms. The Hall–Kier alpha value is -2.67. The van der Waals surface area contributed by atoms with Gasteiger partial charge in [-0.25, -0.2) is 0 Å². The first-order chi connectivity index (χ1) is 13.2. The van der Waals surface area contributed by atoms with Crippen LogP contribution in [0.15, 0.2) is 53.9 Å². The molecule has 3 aromatic rings. The third-order valence-corrected chi connectivity index (χ3v) is 5.06. The largest absolute Gasteiger partial charge is 0.351 e. The van der Waals surface area contributed by atoms with Gasteiger partial charge in [0.15, 0.2) is 11.0 Å². The summed E-state index contributed by atoms with van der Waals surface area (Å²) in [5.41, 5.74) is 2.77. The van der Waals surface area contributed by atoms with Crippen molar-refractivity contribution in [1.82, 2.24) is 25.1 Å². The van der Waals surface area contributed by atoms with Crippen LogP contribution in [0, 0.1) is 6.92 Å². The standard InChI is InChI=1S/C21H25N5OS/c1-14-6-8-17(9-7-14)26-18(16-10-12-22-13-11-16)24-25-20(26)28-15(2)19(27)23-21(3,4)5/h6-13,15H,1-5H3,(H,23,27). The van der Waals surface area contributed by atoms with E-state index in [4.69, 9.17) is 0 Å². The van der Waals surface area contributed by atoms with E-state index in [0.717, 1.165) is 17.1 Å². The van der Waals surface area contributed by atoms with Crippen LogP contribution >= 0.6 is 11.8 Å². The predicted molar refractivity (Wildman–Crippen MR) is 113 cm³/mol. The van der Waals surface area contributed by atoms with Crippen molar-refractivity contribution < 1.29 is 4.79 Å². The maximum atomic E-state index is 12.5. The van der Waals surface area contributed by atoms with E-state index in [-0.39, 0.29) is 16.7 Å². The minimum Gasteiger partial charge on any atom is -0.351 e. The Bertz CT molecular complexity index is 945. The number of aromatic nitrogens is 4. The maximum Gasteiger partial charge on any atom is 0.233 e. The highest BCUT2D eigenvalue weighted by Gasteiger charge is 2.24. The Balaban J connectivity index is 1.98. The number of pyridine rings is 1. The minimum atomic E-state index is -0.307. The highest BCUT2D eigenvalue weighted by Crippen LogP contribution is 2.30. The number of benzene rings is 1. The quantitative estimate of drug-likeness (QED) is 0.660. The van der Waals surface area contributed by atoms with Gasteiger partial charge in [0.1, 0.15) is 0 Å². The summed E-state index contributed by atoms with van der Waals surface area (Å²) in [6.07, 6.45) is 3.46. The van der Waals surface area contributed by atoms with Gasteiger partial charge in [0.2, 0.25) is 5.91 Å². The van der Waals surface area contributed by atoms with E-state index in [1.165, 1.54) is 17.3 Å². The van der Waals surface area contributed by atoms with E-state index in [1.54, 1.807) is 12.4 Å². The molecule has 1 aromatic carbocycles. The van der Waals surface area contributed by atoms with Crippen molar-refractivity contribution in [1.29, 1.82) is 0 Å². The molecule has 0 spiro atoms. The van der Waals surface area contributed by atoms with Crippen LogP contribution in [0.25, 0.3) is 17.1 Å². The van der Waals surface area contributed by atoms with Crippen molar-refractivity contribution in [3.05, 3.63) is 54.4 Å². The molecular formula is C21H25N5OS. The second-order valence-corrected chi connectivity index (χ2v) is 9.02. The molecule has 0 aliphatic carbocycles. The summed E-state index contributed by atoms with van der Waals surface area (Å²) in [6, 6.07) is 12.0. The summed E-state index contributed by atoms with van der Waals surface area (Å²) in [5.74, 6) is 0.693. The monoisotopic (exact) mass is 395 g/mol. The summed E-state index contributed by atoms with van der Waals surface area (Å²) >= 11 is 1.40. The summed E-state index contributed by atoms with van der Waals surface area (Å²) in [4.78, 5) is 16.6. The lowest BCUT2D eigenvalue weighted by Gasteiger charge is -2.23. The van der Waals surface area contributed by atoms with Crippen LogP contribution in [-0.4, -0.2) is 36.4 Å². The average molecular weight is 396 g/mol. The Morgan fingerprint density at radius 1 is 1.07 bits per heavy atom. The second-order valence-electron chi connectivity index (χ2n) is 7.71. The number of rotatable bonds is 5. The van der Waals surface area contributed by atoms with Crippen LogP contribution in [0.4, 0.5) is 0 Å². The van der Waals surface area contributed by atoms with E-state index in [2.05, 4.69) is 32.6 Å². The molecule has 3 rings (SSSR count). The molecule has 0 bridgehead atoms. The fourth-order valence-corrected chi connectivity index (χ4v) is 3.51. The number of nitrogens with one attached hydrogen (secondary N) is 1. The van der Waals surface area contributed by atoms with E-state index in [1.807, 2.05) is 63.5 Å². The van der Waals surface area contributed by atoms with Crippen LogP contribution < -0.4 is 5.32 Å². The van der Waals surface area contributed by atoms with Crippen molar-refractivity contribution in [2.24, 2.45) is 0 Å². The molecule has 0 saturated carbocycles. The van der Waals surface area contributed by atoms with Crippen molar-refractivity contribution in [2.75, 3.05) is 0 Å². The number of carbonyl (C=O) groups excluding carboxylic acids is 1. The number of hydrogen-bond donors (Lipinski definition) is 1. The highest BCUT2D eigenvalue weighted by atomic mass is 32.2. The lowest BCUT2D eigenvalue weighted by molar-refractivity contribution is -0.121. The topological polar surface area (TPSA) is 72.7 Å². The van der Waals surface area contributed by atoms with Crippen LogP contribution in [0.1, 0.15) is 33.3 Å². The molecule has 0 fully saturated rings. The van der Waals surface area contributed by atoms with Gasteiger partial charge in [-0.1, -0.05) is 29.5 Å². The molecule has 7 heteroatoms. The summed E-state index contributed by atoms with van der Waals surface area (Å²) in [5, 5.41) is 12.2. The predicted octanol–water partition coefficient (Wildman–Crippen LogP) is 4.03. The third-order valence-electron chi connectivity index (χ3n) is 4.01. The van der Waals surface area contributed by atoms with Crippen molar-refractivity contribution in [2.45, 2.75) is 50.6 Å². The van der Waals surface area contributed by atoms with Gasteiger partial charge in [0.05, 0.1) is 5.25 Å². The maximum absolute atomic E-state index is 12.5. The third kappa shape index (κ3) is 4.78. The lowest BCUT2D eigenvalue weighted by Crippen LogP contribution is -2.44. The van der Waals surface area contributed by atoms with Crippen LogP contribution in [0.3, 0.4) is 0 Å². The number of amides is 1. The molecule has 6 nitrogen and oxygen atoms in total. The van der Waals surface area contributed by atoms with E-state index in [9.17, 15) is 4.79 Å². The molecule has 0 saturated heterocycles. The van der Waals surface area contributed by atoms with Gasteiger partial charge in [-0.3, -0.25) is 14.3 Å². The molecule has 146 valence electrons. The first kappa shape index (κ1) is 20.1. The molecule has 1 N–H and O–H groups in total. The van der Waals surface area contributed by atoms with Gasteiger partial charge in [-0.2, -0.15) is 0 Å². The minimum absolute atomic E-state index is 0.0265. The smallest absolute Gasteiger partial charge is 0.233 e. The zero-order valence-corrected chi connectivity index (χ0v) is 17.6. The first-order valence-corrected chi connectivity index (χ1v) is 10.0. The molecule has 1 unspecified atom stereocenters. The van der Waals surface area contributed by atoms with Crippen LogP contribution in [-0.2, 0) is 4.79 Å². The Labute approximate surface area is 169 Å². The molecule has 1 atom stereocenters. The Kier molecular flexibility index (Phi) is 5.84. The molecule has 0 radical (unpaired) electrons. The normalized spacial score (nSPS) is 12.6. The van der Waals surface area contributed by atoms with Gasteiger partial charge in [0, 0.05) is 29.2 Å².